The Labute approximate surface area is 173 Å². The molecule has 7 nitrogen and oxygen atoms in total. The van der Waals surface area contributed by atoms with E-state index in [-0.39, 0.29) is 18.2 Å². The largest absolute Gasteiger partial charge is 0.497 e. The minimum Gasteiger partial charge on any atom is -0.497 e. The Morgan fingerprint density at radius 3 is 2.70 bits per heavy atom. The summed E-state index contributed by atoms with van der Waals surface area (Å²) in [4.78, 5) is 22.9. The molecule has 0 saturated heterocycles. The zero-order chi connectivity index (χ0) is 20.9. The van der Waals surface area contributed by atoms with Gasteiger partial charge in [0.15, 0.2) is 12.3 Å². The quantitative estimate of drug-likeness (QED) is 0.463. The van der Waals surface area contributed by atoms with Gasteiger partial charge < -0.3 is 18.8 Å². The van der Waals surface area contributed by atoms with E-state index >= 15 is 0 Å². The molecule has 30 heavy (non-hydrogen) atoms. The molecule has 2 heterocycles. The molecule has 0 aliphatic carbocycles. The molecule has 152 valence electrons. The molecule has 0 N–H and O–H groups in total. The van der Waals surface area contributed by atoms with E-state index < -0.39 is 0 Å². The second-order valence-corrected chi connectivity index (χ2v) is 6.78. The van der Waals surface area contributed by atoms with Crippen LogP contribution in [0.3, 0.4) is 0 Å². The highest BCUT2D eigenvalue weighted by atomic mass is 16.5. The Bertz CT molecular complexity index is 1150. The maximum absolute atomic E-state index is 12.7. The standard InChI is InChI=1S/C23H21N3O4/c1-26(13-16-5-10-20-17(12-16)4-3-11-24-20)23(27)21-14-30-22(25-21)15-29-19-8-6-18(28-2)7-9-19/h3-12,14H,13,15H2,1-2H3. The van der Waals surface area contributed by atoms with Gasteiger partial charge in [-0.25, -0.2) is 4.98 Å². The zero-order valence-corrected chi connectivity index (χ0v) is 16.7. The third kappa shape index (κ3) is 4.41. The Morgan fingerprint density at radius 2 is 1.90 bits per heavy atom. The first-order chi connectivity index (χ1) is 14.6. The SMILES string of the molecule is COc1ccc(OCc2nc(C(=O)N(C)Cc3ccc4ncccc4c3)co2)cc1. The molecule has 0 saturated carbocycles. The molecule has 0 unspecified atom stereocenters. The Hall–Kier alpha value is -3.87. The average Bonchev–Trinajstić information content (AvgIpc) is 3.26. The third-order valence-electron chi connectivity index (χ3n) is 4.63. The fourth-order valence-electron chi connectivity index (χ4n) is 3.06. The minimum atomic E-state index is -0.222. The maximum Gasteiger partial charge on any atom is 0.275 e. The van der Waals surface area contributed by atoms with Crippen LogP contribution in [-0.2, 0) is 13.2 Å². The van der Waals surface area contributed by atoms with Crippen LogP contribution in [0.1, 0.15) is 21.9 Å². The number of benzene rings is 2. The fraction of sp³-hybridized carbons (Fsp3) is 0.174. The zero-order valence-electron chi connectivity index (χ0n) is 16.7. The van der Waals surface area contributed by atoms with E-state index in [0.29, 0.717) is 18.2 Å². The number of rotatable bonds is 7. The number of hydrogen-bond acceptors (Lipinski definition) is 6. The van der Waals surface area contributed by atoms with Crippen molar-refractivity contribution in [3.63, 3.8) is 0 Å². The van der Waals surface area contributed by atoms with E-state index in [4.69, 9.17) is 13.9 Å². The van der Waals surface area contributed by atoms with Gasteiger partial charge in [-0.3, -0.25) is 9.78 Å². The second-order valence-electron chi connectivity index (χ2n) is 6.78. The minimum absolute atomic E-state index is 0.126. The molecule has 0 atom stereocenters. The molecule has 0 spiro atoms. The van der Waals surface area contributed by atoms with Gasteiger partial charge in [-0.2, -0.15) is 0 Å². The van der Waals surface area contributed by atoms with Crippen LogP contribution >= 0.6 is 0 Å². The summed E-state index contributed by atoms with van der Waals surface area (Å²) in [6.45, 7) is 0.579. The van der Waals surface area contributed by atoms with Crippen LogP contribution in [0.25, 0.3) is 10.9 Å². The van der Waals surface area contributed by atoms with E-state index in [0.717, 1.165) is 22.2 Å². The van der Waals surface area contributed by atoms with E-state index in [9.17, 15) is 4.79 Å². The van der Waals surface area contributed by atoms with Crippen molar-refractivity contribution in [3.8, 4) is 11.5 Å². The van der Waals surface area contributed by atoms with Gasteiger partial charge in [0, 0.05) is 25.2 Å². The predicted molar refractivity (Wildman–Crippen MR) is 111 cm³/mol. The number of ether oxygens (including phenoxy) is 2. The summed E-state index contributed by atoms with van der Waals surface area (Å²) >= 11 is 0. The van der Waals surface area contributed by atoms with Gasteiger partial charge in [0.2, 0.25) is 5.89 Å². The van der Waals surface area contributed by atoms with Crippen molar-refractivity contribution in [1.29, 1.82) is 0 Å². The topological polar surface area (TPSA) is 77.7 Å². The first-order valence-corrected chi connectivity index (χ1v) is 9.43. The van der Waals surface area contributed by atoms with Crippen molar-refractivity contribution in [1.82, 2.24) is 14.9 Å². The van der Waals surface area contributed by atoms with E-state index in [1.165, 1.54) is 6.26 Å². The van der Waals surface area contributed by atoms with Crippen LogP contribution < -0.4 is 9.47 Å². The maximum atomic E-state index is 12.7. The Kier molecular flexibility index (Phi) is 5.61. The van der Waals surface area contributed by atoms with Gasteiger partial charge in [-0.15, -0.1) is 0 Å². The highest BCUT2D eigenvalue weighted by Crippen LogP contribution is 2.19. The van der Waals surface area contributed by atoms with E-state index in [1.54, 1.807) is 49.5 Å². The summed E-state index contributed by atoms with van der Waals surface area (Å²) in [5.74, 6) is 1.52. The lowest BCUT2D eigenvalue weighted by Crippen LogP contribution is -2.26. The van der Waals surface area contributed by atoms with Crippen LogP contribution in [0.2, 0.25) is 0 Å². The number of amides is 1. The van der Waals surface area contributed by atoms with Gasteiger partial charge in [0.05, 0.1) is 12.6 Å². The van der Waals surface area contributed by atoms with Gasteiger partial charge >= 0.3 is 0 Å². The van der Waals surface area contributed by atoms with Crippen molar-refractivity contribution in [2.24, 2.45) is 0 Å². The highest BCUT2D eigenvalue weighted by Gasteiger charge is 2.17. The monoisotopic (exact) mass is 403 g/mol. The summed E-state index contributed by atoms with van der Waals surface area (Å²) in [6, 6.07) is 17.0. The van der Waals surface area contributed by atoms with Crippen molar-refractivity contribution in [3.05, 3.63) is 84.2 Å². The van der Waals surface area contributed by atoms with Gasteiger partial charge in [-0.1, -0.05) is 12.1 Å². The highest BCUT2D eigenvalue weighted by molar-refractivity contribution is 5.91. The number of hydrogen-bond donors (Lipinski definition) is 0. The van der Waals surface area contributed by atoms with Crippen molar-refractivity contribution in [2.45, 2.75) is 13.2 Å². The third-order valence-corrected chi connectivity index (χ3v) is 4.63. The molecular formula is C23H21N3O4. The number of nitrogens with zero attached hydrogens (tertiary/aromatic N) is 3. The van der Waals surface area contributed by atoms with Crippen LogP contribution in [0, 0.1) is 0 Å². The summed E-state index contributed by atoms with van der Waals surface area (Å²) in [7, 11) is 3.34. The number of aromatic nitrogens is 2. The van der Waals surface area contributed by atoms with Crippen molar-refractivity contribution in [2.75, 3.05) is 14.2 Å². The number of carbonyl (C=O) groups is 1. The van der Waals surface area contributed by atoms with E-state index in [1.807, 2.05) is 30.3 Å². The molecule has 0 aliphatic rings. The molecular weight excluding hydrogens is 382 g/mol. The van der Waals surface area contributed by atoms with Crippen molar-refractivity contribution < 1.29 is 18.7 Å². The molecule has 4 rings (SSSR count). The lowest BCUT2D eigenvalue weighted by atomic mass is 10.1. The number of carbonyl (C=O) groups excluding carboxylic acids is 1. The lowest BCUT2D eigenvalue weighted by molar-refractivity contribution is 0.0779. The molecule has 0 radical (unpaired) electrons. The van der Waals surface area contributed by atoms with Gasteiger partial charge in [0.1, 0.15) is 17.8 Å². The smallest absolute Gasteiger partial charge is 0.275 e. The fourth-order valence-corrected chi connectivity index (χ4v) is 3.06. The van der Waals surface area contributed by atoms with Crippen LogP contribution in [0.4, 0.5) is 0 Å². The molecule has 0 aliphatic heterocycles. The lowest BCUT2D eigenvalue weighted by Gasteiger charge is -2.16. The van der Waals surface area contributed by atoms with Crippen LogP contribution in [0.15, 0.2) is 71.5 Å². The molecule has 0 fully saturated rings. The summed E-state index contributed by atoms with van der Waals surface area (Å²) < 4.78 is 16.1. The number of fused-ring (bicyclic) bond motifs is 1. The molecule has 4 aromatic rings. The molecule has 1 amide bonds. The average molecular weight is 403 g/mol. The van der Waals surface area contributed by atoms with Crippen LogP contribution in [-0.4, -0.2) is 34.9 Å². The molecule has 2 aromatic heterocycles. The van der Waals surface area contributed by atoms with Crippen molar-refractivity contribution >= 4 is 16.8 Å². The van der Waals surface area contributed by atoms with Gasteiger partial charge in [-0.05, 0) is 48.0 Å². The number of methoxy groups -OCH3 is 1. The molecule has 0 bridgehead atoms. The predicted octanol–water partition coefficient (Wildman–Crippen LogP) is 4.08. The first-order valence-electron chi connectivity index (χ1n) is 9.43. The summed E-state index contributed by atoms with van der Waals surface area (Å²) in [5.41, 5.74) is 2.18. The normalized spacial score (nSPS) is 10.7. The molecule has 7 heteroatoms. The Morgan fingerprint density at radius 1 is 1.10 bits per heavy atom. The number of pyridine rings is 1. The van der Waals surface area contributed by atoms with Crippen LogP contribution in [0.5, 0.6) is 11.5 Å². The summed E-state index contributed by atoms with van der Waals surface area (Å²) in [5, 5.41) is 1.04. The Balaban J connectivity index is 1.37. The summed E-state index contributed by atoms with van der Waals surface area (Å²) in [6.07, 6.45) is 3.12. The van der Waals surface area contributed by atoms with Gasteiger partial charge in [0.25, 0.3) is 5.91 Å². The second kappa shape index (κ2) is 8.65. The number of oxazole rings is 1. The molecule has 2 aromatic carbocycles. The first kappa shape index (κ1) is 19.4. The van der Waals surface area contributed by atoms with E-state index in [2.05, 4.69) is 9.97 Å².